The number of urea groups is 1. The highest BCUT2D eigenvalue weighted by Gasteiger charge is 2.65. The van der Waals surface area contributed by atoms with Crippen molar-refractivity contribution in [3.8, 4) is 0 Å². The molecule has 1 aliphatic heterocycles. The third kappa shape index (κ3) is 5.21. The van der Waals surface area contributed by atoms with Crippen LogP contribution in [0.2, 0.25) is 0 Å². The summed E-state index contributed by atoms with van der Waals surface area (Å²) in [6, 6.07) is -4.35. The lowest BCUT2D eigenvalue weighted by Crippen LogP contribution is -2.61. The number of imidazole rings is 1. The van der Waals surface area contributed by atoms with Crippen LogP contribution in [0.15, 0.2) is 17.0 Å². The van der Waals surface area contributed by atoms with E-state index in [1.807, 2.05) is 0 Å². The van der Waals surface area contributed by atoms with Crippen molar-refractivity contribution in [2.45, 2.75) is 81.1 Å². The SMILES string of the molecule is Cc1nonc1C(=O)N[C@H](c1cn2ncc(C3(N4C[C@H](C(F)(F)F)NC4=O)CC(F)(F)C3)nc2n1)C1CCC(F)(F)CC1. The summed E-state index contributed by atoms with van der Waals surface area (Å²) in [5.74, 6) is -7.47. The van der Waals surface area contributed by atoms with E-state index in [-0.39, 0.29) is 41.4 Å². The smallest absolute Gasteiger partial charge is 0.342 e. The maximum Gasteiger partial charge on any atom is 0.410 e. The summed E-state index contributed by atoms with van der Waals surface area (Å²) in [5, 5.41) is 15.8. The standard InChI is InChI=1S/C24H24F7N9O3/c1-11-16(38-43-37-11)18(41)36-17(12-2-4-22(25,26)5-3-12)13-7-40-19(33-13)34-14(6-32-40)21(9-23(27,28)10-21)39-8-15(24(29,30)31)35-20(39)42/h6-7,12,15,17H,2-5,8-10H2,1H3,(H,35,42)(H,36,41)/t15-,17+/m1/s1. The first kappa shape index (κ1) is 29.0. The lowest BCUT2D eigenvalue weighted by molar-refractivity contribution is -0.177. The van der Waals surface area contributed by atoms with E-state index in [0.29, 0.717) is 4.90 Å². The van der Waals surface area contributed by atoms with Crippen LogP contribution in [0.4, 0.5) is 35.5 Å². The summed E-state index contributed by atoms with van der Waals surface area (Å²) in [6.45, 7) is 0.584. The Labute approximate surface area is 237 Å². The van der Waals surface area contributed by atoms with E-state index >= 15 is 0 Å². The van der Waals surface area contributed by atoms with Crippen molar-refractivity contribution in [2.75, 3.05) is 6.54 Å². The van der Waals surface area contributed by atoms with Crippen molar-refractivity contribution < 1.29 is 45.0 Å². The maximum absolute atomic E-state index is 14.2. The first-order valence-corrected chi connectivity index (χ1v) is 13.3. The number of fused-ring (bicyclic) bond motifs is 1. The van der Waals surface area contributed by atoms with Crippen LogP contribution in [0, 0.1) is 12.8 Å². The highest BCUT2D eigenvalue weighted by Crippen LogP contribution is 2.55. The summed E-state index contributed by atoms with van der Waals surface area (Å²) < 4.78 is 102. The largest absolute Gasteiger partial charge is 0.410 e. The minimum Gasteiger partial charge on any atom is -0.342 e. The molecule has 3 aromatic rings. The van der Waals surface area contributed by atoms with Crippen molar-refractivity contribution in [3.05, 3.63) is 35.2 Å². The Bertz CT molecular complexity index is 1550. The molecule has 0 radical (unpaired) electrons. The number of halogens is 7. The number of nitrogens with one attached hydrogen (secondary N) is 2. The zero-order chi connectivity index (χ0) is 30.9. The van der Waals surface area contributed by atoms with Gasteiger partial charge in [-0.1, -0.05) is 5.16 Å². The normalized spacial score (nSPS) is 24.0. The summed E-state index contributed by atoms with van der Waals surface area (Å²) in [4.78, 5) is 34.9. The number of hydrogen-bond donors (Lipinski definition) is 2. The van der Waals surface area contributed by atoms with E-state index in [1.165, 1.54) is 13.1 Å². The molecule has 0 aromatic carbocycles. The number of carbonyl (C=O) groups is 2. The van der Waals surface area contributed by atoms with Crippen molar-refractivity contribution >= 4 is 17.7 Å². The summed E-state index contributed by atoms with van der Waals surface area (Å²) in [5.41, 5.74) is -1.84. The fourth-order valence-corrected chi connectivity index (χ4v) is 6.05. The Morgan fingerprint density at radius 2 is 1.81 bits per heavy atom. The van der Waals surface area contributed by atoms with Gasteiger partial charge in [0.2, 0.25) is 5.92 Å². The molecule has 2 aliphatic carbocycles. The molecular formula is C24H24F7N9O3. The second-order valence-corrected chi connectivity index (χ2v) is 11.3. The second kappa shape index (κ2) is 9.73. The van der Waals surface area contributed by atoms with Crippen LogP contribution in [-0.4, -0.2) is 77.3 Å². The van der Waals surface area contributed by atoms with Crippen LogP contribution in [0.3, 0.4) is 0 Å². The van der Waals surface area contributed by atoms with E-state index in [0.717, 1.165) is 10.7 Å². The number of hydrogen-bond acceptors (Lipinski definition) is 8. The van der Waals surface area contributed by atoms with Crippen LogP contribution in [0.1, 0.15) is 72.1 Å². The highest BCUT2D eigenvalue weighted by molar-refractivity contribution is 5.93. The molecule has 232 valence electrons. The zero-order valence-corrected chi connectivity index (χ0v) is 22.3. The van der Waals surface area contributed by atoms with Crippen molar-refractivity contribution in [1.82, 2.24) is 45.4 Å². The van der Waals surface area contributed by atoms with Gasteiger partial charge in [0.1, 0.15) is 17.3 Å². The van der Waals surface area contributed by atoms with Gasteiger partial charge in [0.05, 0.1) is 36.4 Å². The van der Waals surface area contributed by atoms with E-state index in [9.17, 15) is 40.3 Å². The third-order valence-corrected chi connectivity index (χ3v) is 8.32. The number of amides is 3. The molecule has 0 bridgehead atoms. The van der Waals surface area contributed by atoms with Crippen LogP contribution >= 0.6 is 0 Å². The quantitative estimate of drug-likeness (QED) is 0.398. The fourth-order valence-electron chi connectivity index (χ4n) is 6.05. The average molecular weight is 620 g/mol. The Hall–Kier alpha value is -4.06. The van der Waals surface area contributed by atoms with Gasteiger partial charge in [0.25, 0.3) is 17.6 Å². The predicted octanol–water partition coefficient (Wildman–Crippen LogP) is 3.69. The number of nitrogens with zero attached hydrogens (tertiary/aromatic N) is 7. The van der Waals surface area contributed by atoms with E-state index in [4.69, 9.17) is 0 Å². The first-order chi connectivity index (χ1) is 20.1. The Kier molecular flexibility index (Phi) is 6.57. The molecule has 1 saturated heterocycles. The summed E-state index contributed by atoms with van der Waals surface area (Å²) >= 11 is 0. The molecule has 2 atom stereocenters. The second-order valence-electron chi connectivity index (χ2n) is 11.3. The van der Waals surface area contributed by atoms with Gasteiger partial charge in [0.15, 0.2) is 5.69 Å². The third-order valence-electron chi connectivity index (χ3n) is 8.32. The molecule has 2 N–H and O–H groups in total. The van der Waals surface area contributed by atoms with Gasteiger partial charge in [-0.3, -0.25) is 4.79 Å². The predicted molar refractivity (Wildman–Crippen MR) is 128 cm³/mol. The van der Waals surface area contributed by atoms with E-state index < -0.39 is 85.7 Å². The molecule has 12 nitrogen and oxygen atoms in total. The van der Waals surface area contributed by atoms with Crippen LogP contribution in [0.5, 0.6) is 0 Å². The van der Waals surface area contributed by atoms with Crippen LogP contribution in [0.25, 0.3) is 5.78 Å². The van der Waals surface area contributed by atoms with Crippen LogP contribution in [-0.2, 0) is 5.54 Å². The molecule has 3 aromatic heterocycles. The molecule has 0 unspecified atom stereocenters. The molecule has 0 spiro atoms. The number of carbonyl (C=O) groups excluding carboxylic acids is 2. The highest BCUT2D eigenvalue weighted by atomic mass is 19.4. The first-order valence-electron chi connectivity index (χ1n) is 13.3. The molecule has 3 fully saturated rings. The van der Waals surface area contributed by atoms with Gasteiger partial charge in [-0.15, -0.1) is 0 Å². The minimum absolute atomic E-state index is 0.0383. The monoisotopic (exact) mass is 619 g/mol. The summed E-state index contributed by atoms with van der Waals surface area (Å²) in [7, 11) is 0. The van der Waals surface area contributed by atoms with Gasteiger partial charge in [-0.05, 0) is 30.8 Å². The Morgan fingerprint density at radius 3 is 2.40 bits per heavy atom. The average Bonchev–Trinajstić information content (AvgIpc) is 3.63. The molecule has 6 rings (SSSR count). The van der Waals surface area contributed by atoms with Crippen molar-refractivity contribution in [3.63, 3.8) is 0 Å². The van der Waals surface area contributed by atoms with Crippen molar-refractivity contribution in [2.24, 2.45) is 5.92 Å². The van der Waals surface area contributed by atoms with E-state index in [1.54, 1.807) is 5.32 Å². The number of rotatable bonds is 6. The fraction of sp³-hybridized carbons (Fsp3) is 0.625. The number of aromatic nitrogens is 6. The van der Waals surface area contributed by atoms with Gasteiger partial charge < -0.3 is 15.5 Å². The maximum atomic E-state index is 14.2. The Morgan fingerprint density at radius 1 is 1.12 bits per heavy atom. The Balaban J connectivity index is 1.34. The molecular weight excluding hydrogens is 595 g/mol. The van der Waals surface area contributed by atoms with E-state index in [2.05, 4.69) is 35.3 Å². The van der Waals surface area contributed by atoms with Gasteiger partial charge in [-0.25, -0.2) is 41.5 Å². The molecule has 4 heterocycles. The van der Waals surface area contributed by atoms with Gasteiger partial charge in [-0.2, -0.15) is 18.3 Å². The topological polar surface area (TPSA) is 143 Å². The molecule has 19 heteroatoms. The molecule has 3 aliphatic rings. The minimum atomic E-state index is -4.80. The molecule has 43 heavy (non-hydrogen) atoms. The lowest BCUT2D eigenvalue weighted by atomic mass is 9.70. The van der Waals surface area contributed by atoms with Gasteiger partial charge in [0, 0.05) is 25.7 Å². The van der Waals surface area contributed by atoms with Crippen molar-refractivity contribution in [1.29, 1.82) is 0 Å². The number of alkyl halides is 7. The zero-order valence-electron chi connectivity index (χ0n) is 22.3. The lowest BCUT2D eigenvalue weighted by Gasteiger charge is -2.51. The van der Waals surface area contributed by atoms with Gasteiger partial charge >= 0.3 is 12.2 Å². The molecule has 3 amide bonds. The summed E-state index contributed by atoms with van der Waals surface area (Å²) in [6.07, 6.45) is -5.07. The van der Waals surface area contributed by atoms with Crippen LogP contribution < -0.4 is 10.6 Å². The molecule has 2 saturated carbocycles. The number of aryl methyl sites for hydroxylation is 1.